The highest BCUT2D eigenvalue weighted by molar-refractivity contribution is 7.89. The van der Waals surface area contributed by atoms with Crippen molar-refractivity contribution in [2.24, 2.45) is 5.92 Å². The Labute approximate surface area is 202 Å². The van der Waals surface area contributed by atoms with Crippen molar-refractivity contribution in [3.8, 4) is 16.9 Å². The summed E-state index contributed by atoms with van der Waals surface area (Å²) in [5, 5.41) is 9.74. The normalized spacial score (nSPS) is 21.2. The third kappa shape index (κ3) is 5.43. The Kier molecular flexibility index (Phi) is 8.02. The molecule has 1 N–H and O–H groups in total. The molecule has 2 aromatic carbocycles. The van der Waals surface area contributed by atoms with Crippen molar-refractivity contribution in [2.45, 2.75) is 30.9 Å². The molecule has 0 aliphatic carbocycles. The van der Waals surface area contributed by atoms with Crippen LogP contribution in [0.25, 0.3) is 11.1 Å². The molecule has 0 saturated carbocycles. The lowest BCUT2D eigenvalue weighted by Crippen LogP contribution is -2.49. The van der Waals surface area contributed by atoms with Crippen LogP contribution in [-0.4, -0.2) is 93.6 Å². The molecular weight excluding hydrogens is 454 g/mol. The highest BCUT2D eigenvalue weighted by Gasteiger charge is 2.38. The molecule has 0 radical (unpaired) electrons. The quantitative estimate of drug-likeness (QED) is 0.670. The minimum atomic E-state index is -3.88. The van der Waals surface area contributed by atoms with Gasteiger partial charge in [-0.15, -0.1) is 0 Å². The summed E-state index contributed by atoms with van der Waals surface area (Å²) in [6.07, 6.45) is -0.243. The van der Waals surface area contributed by atoms with Gasteiger partial charge in [-0.3, -0.25) is 4.79 Å². The van der Waals surface area contributed by atoms with Crippen LogP contribution in [0.5, 0.6) is 5.75 Å². The Morgan fingerprint density at radius 3 is 2.29 bits per heavy atom. The molecule has 1 aliphatic rings. The maximum Gasteiger partial charge on any atom is 0.253 e. The van der Waals surface area contributed by atoms with Crippen molar-refractivity contribution in [1.82, 2.24) is 14.1 Å². The van der Waals surface area contributed by atoms with E-state index in [1.807, 2.05) is 38.1 Å². The first kappa shape index (κ1) is 26.2. The predicted molar refractivity (Wildman–Crippen MR) is 132 cm³/mol. The first-order valence-corrected chi connectivity index (χ1v) is 12.8. The number of amides is 1. The number of rotatable bonds is 6. The van der Waals surface area contributed by atoms with Crippen LogP contribution in [0, 0.1) is 5.92 Å². The Morgan fingerprint density at radius 1 is 1.12 bits per heavy atom. The maximum atomic E-state index is 13.6. The number of benzene rings is 2. The van der Waals surface area contributed by atoms with Gasteiger partial charge in [0.15, 0.2) is 0 Å². The van der Waals surface area contributed by atoms with E-state index in [4.69, 9.17) is 4.74 Å². The molecule has 0 saturated heterocycles. The van der Waals surface area contributed by atoms with Crippen molar-refractivity contribution in [3.63, 3.8) is 0 Å². The highest BCUT2D eigenvalue weighted by atomic mass is 32.2. The van der Waals surface area contributed by atoms with Crippen LogP contribution in [0.1, 0.15) is 24.2 Å². The summed E-state index contributed by atoms with van der Waals surface area (Å²) >= 11 is 0. The van der Waals surface area contributed by atoms with Gasteiger partial charge in [-0.05, 0) is 56.4 Å². The second-order valence-electron chi connectivity index (χ2n) is 9.44. The van der Waals surface area contributed by atoms with Crippen LogP contribution < -0.4 is 4.74 Å². The summed E-state index contributed by atoms with van der Waals surface area (Å²) in [5.41, 5.74) is 2.21. The predicted octanol–water partition coefficient (Wildman–Crippen LogP) is 2.39. The summed E-state index contributed by atoms with van der Waals surface area (Å²) in [6, 6.07) is 11.7. The first-order chi connectivity index (χ1) is 15.9. The topological polar surface area (TPSA) is 90.4 Å². The fourth-order valence-corrected chi connectivity index (χ4v) is 5.87. The molecule has 0 fully saturated rings. The first-order valence-electron chi connectivity index (χ1n) is 11.4. The molecule has 1 heterocycles. The number of aliphatic hydroxyl groups is 1. The van der Waals surface area contributed by atoms with Crippen molar-refractivity contribution < 1.29 is 23.1 Å². The van der Waals surface area contributed by atoms with Gasteiger partial charge in [-0.2, -0.15) is 4.31 Å². The molecule has 9 heteroatoms. The number of hydrogen-bond donors (Lipinski definition) is 1. The SMILES string of the molecule is C[C@H](CO)N1C[C@H](C)[C@@H](CN(C)C)Oc2cc(-c3ccc(C(=O)N(C)C)cc3)ccc2S1(=O)=O. The Balaban J connectivity index is 2.09. The van der Waals surface area contributed by atoms with E-state index >= 15 is 0 Å². The van der Waals surface area contributed by atoms with Crippen LogP contribution in [0.3, 0.4) is 0 Å². The molecule has 3 atom stereocenters. The van der Waals surface area contributed by atoms with E-state index in [9.17, 15) is 18.3 Å². The average Bonchev–Trinajstić information content (AvgIpc) is 2.79. The number of sulfonamides is 1. The van der Waals surface area contributed by atoms with Crippen LogP contribution in [0.2, 0.25) is 0 Å². The molecule has 1 aliphatic heterocycles. The van der Waals surface area contributed by atoms with Crippen LogP contribution in [-0.2, 0) is 10.0 Å². The van der Waals surface area contributed by atoms with Gasteiger partial charge in [-0.1, -0.05) is 25.1 Å². The molecule has 2 aromatic rings. The highest BCUT2D eigenvalue weighted by Crippen LogP contribution is 2.36. The number of aliphatic hydroxyl groups excluding tert-OH is 1. The summed E-state index contributed by atoms with van der Waals surface area (Å²) in [4.78, 5) is 15.8. The summed E-state index contributed by atoms with van der Waals surface area (Å²) < 4.78 is 34.9. The number of ether oxygens (including phenoxy) is 1. The number of likely N-dealkylation sites (N-methyl/N-ethyl adjacent to an activating group) is 1. The molecule has 8 nitrogen and oxygen atoms in total. The fraction of sp³-hybridized carbons (Fsp3) is 0.480. The van der Waals surface area contributed by atoms with E-state index in [0.717, 1.165) is 11.1 Å². The second kappa shape index (κ2) is 10.4. The zero-order valence-electron chi connectivity index (χ0n) is 20.7. The number of carbonyl (C=O) groups is 1. The third-order valence-corrected chi connectivity index (χ3v) is 8.10. The van der Waals surface area contributed by atoms with Gasteiger partial charge in [0.1, 0.15) is 16.7 Å². The van der Waals surface area contributed by atoms with Gasteiger partial charge < -0.3 is 19.6 Å². The third-order valence-electron chi connectivity index (χ3n) is 6.08. The zero-order valence-corrected chi connectivity index (χ0v) is 21.5. The van der Waals surface area contributed by atoms with Gasteiger partial charge in [0.25, 0.3) is 5.91 Å². The Morgan fingerprint density at radius 2 is 1.74 bits per heavy atom. The molecular formula is C25H35N3O5S. The largest absolute Gasteiger partial charge is 0.487 e. The van der Waals surface area contributed by atoms with E-state index in [2.05, 4.69) is 0 Å². The van der Waals surface area contributed by atoms with Gasteiger partial charge in [-0.25, -0.2) is 8.42 Å². The van der Waals surface area contributed by atoms with Gasteiger partial charge >= 0.3 is 0 Å². The minimum Gasteiger partial charge on any atom is -0.487 e. The number of hydrogen-bond acceptors (Lipinski definition) is 6. The standard InChI is InChI=1S/C25H35N3O5S/c1-17-14-28(18(2)16-29)34(31,32)24-12-11-21(13-22(24)33-23(17)15-26(3)4)19-7-9-20(10-8-19)25(30)27(5)6/h7-13,17-18,23,29H,14-16H2,1-6H3/t17-,18+,23+/m0/s1. The lowest BCUT2D eigenvalue weighted by molar-refractivity contribution is 0.0812. The number of carbonyl (C=O) groups excluding carboxylic acids is 1. The smallest absolute Gasteiger partial charge is 0.253 e. The van der Waals surface area contributed by atoms with Crippen molar-refractivity contribution in [3.05, 3.63) is 48.0 Å². The number of nitrogens with zero attached hydrogens (tertiary/aromatic N) is 3. The van der Waals surface area contributed by atoms with E-state index < -0.39 is 16.1 Å². The Hall–Kier alpha value is -2.46. The molecule has 186 valence electrons. The summed E-state index contributed by atoms with van der Waals surface area (Å²) in [7, 11) is 3.43. The van der Waals surface area contributed by atoms with Gasteiger partial charge in [0.05, 0.1) is 6.61 Å². The van der Waals surface area contributed by atoms with Gasteiger partial charge in [0.2, 0.25) is 10.0 Å². The maximum absolute atomic E-state index is 13.6. The lowest BCUT2D eigenvalue weighted by atomic mass is 10.0. The molecule has 0 bridgehead atoms. The number of fused-ring (bicyclic) bond motifs is 1. The fourth-order valence-electron chi connectivity index (χ4n) is 4.05. The molecule has 0 aromatic heterocycles. The summed E-state index contributed by atoms with van der Waals surface area (Å²) in [5.74, 6) is 0.108. The van der Waals surface area contributed by atoms with E-state index in [1.165, 1.54) is 9.21 Å². The van der Waals surface area contributed by atoms with Gasteiger partial charge in [0, 0.05) is 44.7 Å². The molecule has 0 spiro atoms. The second-order valence-corrected chi connectivity index (χ2v) is 11.3. The zero-order chi connectivity index (χ0) is 25.2. The van der Waals surface area contributed by atoms with Crippen LogP contribution in [0.4, 0.5) is 0 Å². The molecule has 0 unspecified atom stereocenters. The molecule has 34 heavy (non-hydrogen) atoms. The van der Waals surface area contributed by atoms with Crippen LogP contribution >= 0.6 is 0 Å². The van der Waals surface area contributed by atoms with E-state index in [-0.39, 0.29) is 36.0 Å². The monoisotopic (exact) mass is 489 g/mol. The Bertz CT molecular complexity index is 1120. The molecule has 1 amide bonds. The summed E-state index contributed by atoms with van der Waals surface area (Å²) in [6.45, 7) is 4.28. The van der Waals surface area contributed by atoms with E-state index in [0.29, 0.717) is 17.9 Å². The average molecular weight is 490 g/mol. The lowest BCUT2D eigenvalue weighted by Gasteiger charge is -2.37. The van der Waals surface area contributed by atoms with Crippen LogP contribution in [0.15, 0.2) is 47.4 Å². The van der Waals surface area contributed by atoms with Crippen molar-refractivity contribution in [2.75, 3.05) is 47.9 Å². The van der Waals surface area contributed by atoms with Crippen molar-refractivity contribution in [1.29, 1.82) is 0 Å². The van der Waals surface area contributed by atoms with E-state index in [1.54, 1.807) is 51.4 Å². The molecule has 3 rings (SSSR count). The van der Waals surface area contributed by atoms with Crippen molar-refractivity contribution >= 4 is 15.9 Å². The minimum absolute atomic E-state index is 0.0854.